The second kappa shape index (κ2) is 9.33. The van der Waals surface area contributed by atoms with E-state index < -0.39 is 21.8 Å². The number of fused-ring (bicyclic) bond motifs is 2. The number of nitrogens with one attached hydrogen (secondary N) is 1. The van der Waals surface area contributed by atoms with Gasteiger partial charge in [-0.25, -0.2) is 4.98 Å². The molecular formula is C31H41N5O3S. The van der Waals surface area contributed by atoms with Crippen molar-refractivity contribution in [3.05, 3.63) is 35.5 Å². The molecule has 0 radical (unpaired) electrons. The van der Waals surface area contributed by atoms with Crippen molar-refractivity contribution >= 4 is 34.2 Å². The van der Waals surface area contributed by atoms with Crippen molar-refractivity contribution in [3.63, 3.8) is 0 Å². The zero-order valence-electron chi connectivity index (χ0n) is 23.9. The first-order chi connectivity index (χ1) is 19.1. The number of rotatable bonds is 5. The molecule has 214 valence electrons. The van der Waals surface area contributed by atoms with E-state index in [0.717, 1.165) is 73.3 Å². The molecule has 3 aliphatic carbocycles. The lowest BCUT2D eigenvalue weighted by Crippen LogP contribution is -2.58. The van der Waals surface area contributed by atoms with Crippen LogP contribution in [0.2, 0.25) is 0 Å². The highest BCUT2D eigenvalue weighted by molar-refractivity contribution is 7.85. The summed E-state index contributed by atoms with van der Waals surface area (Å²) in [5.74, 6) is 1.24. The number of hydrogen-bond acceptors (Lipinski definition) is 7. The first-order valence-electron chi connectivity index (χ1n) is 15.0. The Labute approximate surface area is 239 Å². The number of carbonyl (C=O) groups excluding carboxylic acids is 1. The number of hydrogen-bond donors (Lipinski definition) is 2. The Bertz CT molecular complexity index is 1360. The van der Waals surface area contributed by atoms with Crippen LogP contribution in [0, 0.1) is 12.3 Å². The molecule has 2 spiro atoms. The number of aliphatic hydroxyl groups is 1. The molecule has 1 aromatic carbocycles. The van der Waals surface area contributed by atoms with Crippen LogP contribution < -0.4 is 10.2 Å². The molecule has 5 aliphatic rings. The second-order valence-electron chi connectivity index (χ2n) is 13.7. The van der Waals surface area contributed by atoms with Gasteiger partial charge in [-0.15, -0.1) is 0 Å². The van der Waals surface area contributed by atoms with Gasteiger partial charge in [-0.2, -0.15) is 4.98 Å². The van der Waals surface area contributed by atoms with Gasteiger partial charge in [0.25, 0.3) is 0 Å². The van der Waals surface area contributed by atoms with Crippen molar-refractivity contribution in [2.24, 2.45) is 5.41 Å². The molecule has 4 fully saturated rings. The van der Waals surface area contributed by atoms with Crippen molar-refractivity contribution in [2.75, 3.05) is 30.4 Å². The highest BCUT2D eigenvalue weighted by atomic mass is 32.2. The lowest BCUT2D eigenvalue weighted by atomic mass is 9.57. The van der Waals surface area contributed by atoms with E-state index in [1.165, 1.54) is 12.8 Å². The van der Waals surface area contributed by atoms with Crippen molar-refractivity contribution in [1.82, 2.24) is 14.9 Å². The van der Waals surface area contributed by atoms with Gasteiger partial charge in [-0.1, -0.05) is 12.8 Å². The lowest BCUT2D eigenvalue weighted by molar-refractivity contribution is -0.140. The SMILES string of the molecule is Cc1cc(S(=O)C2CC3(CCN(C)CC3)C2)ccc1Nc1ncc2c(n1)N(C1CCCC1)C(=O)C21CC(C)(O)C1. The summed E-state index contributed by atoms with van der Waals surface area (Å²) in [6.07, 6.45) is 11.4. The van der Waals surface area contributed by atoms with Crippen LogP contribution in [0.5, 0.6) is 0 Å². The van der Waals surface area contributed by atoms with Crippen LogP contribution in [0.1, 0.15) is 82.3 Å². The zero-order chi connectivity index (χ0) is 27.9. The fraction of sp³-hybridized carbons (Fsp3) is 0.645. The third-order valence-electron chi connectivity index (χ3n) is 10.5. The zero-order valence-corrected chi connectivity index (χ0v) is 24.7. The largest absolute Gasteiger partial charge is 0.390 e. The number of likely N-dealkylation sites (tertiary alicyclic amines) is 1. The van der Waals surface area contributed by atoms with E-state index in [2.05, 4.69) is 22.2 Å². The molecule has 1 unspecified atom stereocenters. The minimum absolute atomic E-state index is 0.0772. The van der Waals surface area contributed by atoms with Gasteiger partial charge in [0.1, 0.15) is 5.82 Å². The van der Waals surface area contributed by atoms with Gasteiger partial charge in [0, 0.05) is 33.6 Å². The monoisotopic (exact) mass is 563 g/mol. The molecule has 7 rings (SSSR count). The maximum Gasteiger partial charge on any atom is 0.239 e. The summed E-state index contributed by atoms with van der Waals surface area (Å²) in [6.45, 7) is 6.13. The van der Waals surface area contributed by atoms with E-state index in [9.17, 15) is 14.1 Å². The first kappa shape index (κ1) is 26.5. The number of amides is 1. The predicted octanol–water partition coefficient (Wildman–Crippen LogP) is 4.58. The topological polar surface area (TPSA) is 98.7 Å². The van der Waals surface area contributed by atoms with Crippen molar-refractivity contribution in [3.8, 4) is 0 Å². The van der Waals surface area contributed by atoms with E-state index in [1.54, 1.807) is 13.1 Å². The highest BCUT2D eigenvalue weighted by Gasteiger charge is 2.64. The molecule has 2 N–H and O–H groups in total. The number of piperidine rings is 1. The fourth-order valence-electron chi connectivity index (χ4n) is 8.26. The van der Waals surface area contributed by atoms with Gasteiger partial charge >= 0.3 is 0 Å². The number of anilines is 3. The van der Waals surface area contributed by atoms with Gasteiger partial charge in [-0.3, -0.25) is 13.9 Å². The van der Waals surface area contributed by atoms with Crippen molar-refractivity contribution < 1.29 is 14.1 Å². The predicted molar refractivity (Wildman–Crippen MR) is 156 cm³/mol. The summed E-state index contributed by atoms with van der Waals surface area (Å²) in [5.41, 5.74) is 1.61. The Morgan fingerprint density at radius 1 is 1.12 bits per heavy atom. The molecular weight excluding hydrogens is 522 g/mol. The number of aromatic nitrogens is 2. The Hall–Kier alpha value is -2.36. The van der Waals surface area contributed by atoms with Gasteiger partial charge < -0.3 is 15.3 Å². The molecule has 1 amide bonds. The number of nitrogens with zero attached hydrogens (tertiary/aromatic N) is 4. The Kier molecular flexibility index (Phi) is 6.19. The minimum atomic E-state index is -1.00. The number of aryl methyl sites for hydroxylation is 1. The first-order valence-corrected chi connectivity index (χ1v) is 16.2. The van der Waals surface area contributed by atoms with E-state index in [1.807, 2.05) is 30.0 Å². The molecule has 40 heavy (non-hydrogen) atoms. The molecule has 1 atom stereocenters. The molecule has 1 aromatic heterocycles. The van der Waals surface area contributed by atoms with Crippen LogP contribution in [0.4, 0.5) is 17.5 Å². The third kappa shape index (κ3) is 4.22. The Balaban J connectivity index is 1.09. The Morgan fingerprint density at radius 2 is 1.82 bits per heavy atom. The highest BCUT2D eigenvalue weighted by Crippen LogP contribution is 2.58. The molecule has 3 saturated carbocycles. The van der Waals surface area contributed by atoms with Crippen molar-refractivity contribution in [1.29, 1.82) is 0 Å². The third-order valence-corrected chi connectivity index (χ3v) is 12.2. The smallest absolute Gasteiger partial charge is 0.239 e. The normalized spacial score (nSPS) is 26.1. The average molecular weight is 564 g/mol. The van der Waals surface area contributed by atoms with Crippen LogP contribution in [0.3, 0.4) is 0 Å². The molecule has 0 bridgehead atoms. The summed E-state index contributed by atoms with van der Waals surface area (Å²) in [4.78, 5) is 28.5. The van der Waals surface area contributed by atoms with Crippen LogP contribution >= 0.6 is 0 Å². The number of carbonyl (C=O) groups is 1. The molecule has 2 aliphatic heterocycles. The minimum Gasteiger partial charge on any atom is -0.390 e. The van der Waals surface area contributed by atoms with Crippen molar-refractivity contribution in [2.45, 2.75) is 105 Å². The van der Waals surface area contributed by atoms with Gasteiger partial charge in [0.05, 0.1) is 21.8 Å². The molecule has 8 nitrogen and oxygen atoms in total. The summed E-state index contributed by atoms with van der Waals surface area (Å²) in [5, 5.41) is 14.2. The average Bonchev–Trinajstić information content (AvgIpc) is 3.49. The standard InChI is InChI=1S/C31H41N5O3S/c1-20-14-22(40(39)23-15-30(16-23)10-12-35(3)13-11-30)8-9-25(20)33-28-32-17-24-26(34-28)36(21-6-4-5-7-21)27(37)31(24)18-29(2,38)19-31/h8-9,14,17,21,23,38H,4-7,10-13,15-16,18-19H2,1-3H3,(H,32,33,34). The van der Waals surface area contributed by atoms with E-state index in [-0.39, 0.29) is 17.2 Å². The van der Waals surface area contributed by atoms with E-state index in [4.69, 9.17) is 4.98 Å². The van der Waals surface area contributed by atoms with Crippen LogP contribution in [-0.4, -0.2) is 67.1 Å². The molecule has 3 heterocycles. The summed E-state index contributed by atoms with van der Waals surface area (Å²) in [6, 6.07) is 6.15. The fourth-order valence-corrected chi connectivity index (χ4v) is 10.2. The number of benzene rings is 1. The summed E-state index contributed by atoms with van der Waals surface area (Å²) >= 11 is 0. The lowest BCUT2D eigenvalue weighted by Gasteiger charge is -2.51. The van der Waals surface area contributed by atoms with Gasteiger partial charge in [0.15, 0.2) is 0 Å². The maximum absolute atomic E-state index is 13.8. The van der Waals surface area contributed by atoms with Gasteiger partial charge in [-0.05, 0) is 115 Å². The van der Waals surface area contributed by atoms with Gasteiger partial charge in [0.2, 0.25) is 11.9 Å². The second-order valence-corrected chi connectivity index (χ2v) is 15.4. The molecule has 2 aromatic rings. The van der Waals surface area contributed by atoms with Crippen LogP contribution in [-0.2, 0) is 21.0 Å². The molecule has 9 heteroatoms. The summed E-state index contributed by atoms with van der Waals surface area (Å²) in [7, 11) is 1.19. The molecule has 1 saturated heterocycles. The van der Waals surface area contributed by atoms with Crippen LogP contribution in [0.25, 0.3) is 0 Å². The quantitative estimate of drug-likeness (QED) is 0.549. The summed E-state index contributed by atoms with van der Waals surface area (Å²) < 4.78 is 13.4. The Morgan fingerprint density at radius 3 is 2.48 bits per heavy atom. The maximum atomic E-state index is 13.8. The van der Waals surface area contributed by atoms with E-state index >= 15 is 0 Å². The van der Waals surface area contributed by atoms with Crippen LogP contribution in [0.15, 0.2) is 29.3 Å². The van der Waals surface area contributed by atoms with E-state index in [0.29, 0.717) is 30.0 Å².